The van der Waals surface area contributed by atoms with Crippen molar-refractivity contribution in [1.29, 1.82) is 0 Å². The Labute approximate surface area is 154 Å². The fourth-order valence-electron chi connectivity index (χ4n) is 2.06. The maximum absolute atomic E-state index is 12.0. The van der Waals surface area contributed by atoms with Crippen molar-refractivity contribution >= 4 is 56.3 Å². The Kier molecular flexibility index (Phi) is 5.09. The third-order valence-electron chi connectivity index (χ3n) is 3.25. The Balaban J connectivity index is 1.61. The van der Waals surface area contributed by atoms with E-state index in [2.05, 4.69) is 10.3 Å². The summed E-state index contributed by atoms with van der Waals surface area (Å²) < 4.78 is 1.30. The highest BCUT2D eigenvalue weighted by atomic mass is 32.2. The van der Waals surface area contributed by atoms with Gasteiger partial charge in [0, 0.05) is 30.0 Å². The Hall–Kier alpha value is -3.05. The maximum Gasteiger partial charge on any atom is 0.270 e. The van der Waals surface area contributed by atoms with E-state index in [0.717, 1.165) is 0 Å². The van der Waals surface area contributed by atoms with Crippen LogP contribution < -0.4 is 5.32 Å². The van der Waals surface area contributed by atoms with Crippen molar-refractivity contribution in [3.8, 4) is 0 Å². The first-order valence-corrected chi connectivity index (χ1v) is 8.94. The van der Waals surface area contributed by atoms with Gasteiger partial charge in [0.25, 0.3) is 11.4 Å². The number of nitro benzene ring substituents is 2. The second-order valence-corrected chi connectivity index (χ2v) is 7.28. The number of nitro groups is 2. The van der Waals surface area contributed by atoms with E-state index in [9.17, 15) is 25.0 Å². The molecule has 132 valence electrons. The molecule has 0 radical (unpaired) electrons. The van der Waals surface area contributed by atoms with E-state index in [0.29, 0.717) is 20.2 Å². The molecule has 0 spiro atoms. The van der Waals surface area contributed by atoms with Crippen LogP contribution in [-0.2, 0) is 4.79 Å². The minimum atomic E-state index is -0.515. The van der Waals surface area contributed by atoms with E-state index in [-0.39, 0.29) is 23.0 Å². The van der Waals surface area contributed by atoms with Crippen molar-refractivity contribution in [2.24, 2.45) is 0 Å². The number of nitrogens with zero attached hydrogens (tertiary/aromatic N) is 3. The van der Waals surface area contributed by atoms with Gasteiger partial charge in [0.1, 0.15) is 0 Å². The van der Waals surface area contributed by atoms with Gasteiger partial charge in [0.2, 0.25) is 5.91 Å². The van der Waals surface area contributed by atoms with Gasteiger partial charge >= 0.3 is 0 Å². The van der Waals surface area contributed by atoms with Gasteiger partial charge in [-0.25, -0.2) is 4.98 Å². The van der Waals surface area contributed by atoms with Gasteiger partial charge in [0.15, 0.2) is 4.34 Å². The van der Waals surface area contributed by atoms with E-state index < -0.39 is 9.85 Å². The molecule has 1 aromatic heterocycles. The van der Waals surface area contributed by atoms with Crippen LogP contribution in [0, 0.1) is 20.2 Å². The van der Waals surface area contributed by atoms with Gasteiger partial charge in [-0.15, -0.1) is 11.3 Å². The number of benzene rings is 2. The van der Waals surface area contributed by atoms with Crippen molar-refractivity contribution in [2.75, 3.05) is 11.1 Å². The smallest absolute Gasteiger partial charge is 0.270 e. The normalized spacial score (nSPS) is 10.6. The molecule has 3 aromatic rings. The summed E-state index contributed by atoms with van der Waals surface area (Å²) in [6.07, 6.45) is 0. The second kappa shape index (κ2) is 7.45. The van der Waals surface area contributed by atoms with Crippen LogP contribution in [0.25, 0.3) is 10.2 Å². The summed E-state index contributed by atoms with van der Waals surface area (Å²) in [5.74, 6) is -0.187. The number of aromatic nitrogens is 1. The lowest BCUT2D eigenvalue weighted by molar-refractivity contribution is -0.385. The van der Waals surface area contributed by atoms with E-state index in [4.69, 9.17) is 0 Å². The molecule has 0 bridgehead atoms. The number of thiazole rings is 1. The van der Waals surface area contributed by atoms with Gasteiger partial charge < -0.3 is 5.32 Å². The number of anilines is 1. The number of thioether (sulfide) groups is 1. The summed E-state index contributed by atoms with van der Waals surface area (Å²) in [5, 5.41) is 24.0. The van der Waals surface area contributed by atoms with Gasteiger partial charge in [-0.3, -0.25) is 25.0 Å². The number of nitrogens with one attached hydrogen (secondary N) is 1. The molecule has 0 fully saturated rings. The number of fused-ring (bicyclic) bond motifs is 1. The van der Waals surface area contributed by atoms with Crippen LogP contribution in [0.4, 0.5) is 17.1 Å². The lowest BCUT2D eigenvalue weighted by Crippen LogP contribution is -2.13. The van der Waals surface area contributed by atoms with Crippen molar-refractivity contribution in [2.45, 2.75) is 4.34 Å². The number of carbonyl (C=O) groups is 1. The molecule has 0 saturated heterocycles. The number of carbonyl (C=O) groups excluding carboxylic acids is 1. The van der Waals surface area contributed by atoms with Crippen molar-refractivity contribution in [3.63, 3.8) is 0 Å². The number of amides is 1. The lowest BCUT2D eigenvalue weighted by atomic mass is 10.3. The zero-order valence-corrected chi connectivity index (χ0v) is 14.6. The summed E-state index contributed by atoms with van der Waals surface area (Å²) >= 11 is 2.49. The molecule has 1 amide bonds. The zero-order chi connectivity index (χ0) is 18.7. The van der Waals surface area contributed by atoms with E-state index >= 15 is 0 Å². The monoisotopic (exact) mass is 390 g/mol. The highest BCUT2D eigenvalue weighted by molar-refractivity contribution is 8.01. The Morgan fingerprint density at radius 2 is 1.73 bits per heavy atom. The van der Waals surface area contributed by atoms with Crippen LogP contribution in [-0.4, -0.2) is 26.5 Å². The molecule has 2 aromatic carbocycles. The summed E-state index contributed by atoms with van der Waals surface area (Å²) in [7, 11) is 0. The molecule has 0 saturated carbocycles. The number of non-ortho nitro benzene ring substituents is 2. The van der Waals surface area contributed by atoms with Gasteiger partial charge in [-0.05, 0) is 18.2 Å². The molecule has 1 heterocycles. The number of hydrogen-bond acceptors (Lipinski definition) is 8. The largest absolute Gasteiger partial charge is 0.325 e. The molecule has 1 N–H and O–H groups in total. The van der Waals surface area contributed by atoms with Crippen LogP contribution in [0.1, 0.15) is 0 Å². The van der Waals surface area contributed by atoms with Crippen molar-refractivity contribution < 1.29 is 14.6 Å². The summed E-state index contributed by atoms with van der Waals surface area (Å²) in [6, 6.07) is 9.94. The molecule has 0 aliphatic heterocycles. The average Bonchev–Trinajstić information content (AvgIpc) is 3.02. The molecule has 0 aliphatic carbocycles. The highest BCUT2D eigenvalue weighted by Gasteiger charge is 2.12. The lowest BCUT2D eigenvalue weighted by Gasteiger charge is -2.03. The quantitative estimate of drug-likeness (QED) is 0.384. The molecule has 26 heavy (non-hydrogen) atoms. The molecular formula is C15H10N4O5S2. The molecule has 0 atom stereocenters. The first kappa shape index (κ1) is 17.8. The minimum absolute atomic E-state index is 0.00591. The van der Waals surface area contributed by atoms with Gasteiger partial charge in [-0.1, -0.05) is 11.8 Å². The molecular weight excluding hydrogens is 380 g/mol. The van der Waals surface area contributed by atoms with Crippen LogP contribution >= 0.6 is 23.1 Å². The molecule has 9 nitrogen and oxygen atoms in total. The zero-order valence-electron chi connectivity index (χ0n) is 12.9. The van der Waals surface area contributed by atoms with Crippen LogP contribution in [0.3, 0.4) is 0 Å². The van der Waals surface area contributed by atoms with Crippen LogP contribution in [0.2, 0.25) is 0 Å². The topological polar surface area (TPSA) is 128 Å². The third kappa shape index (κ3) is 4.13. The fraction of sp³-hybridized carbons (Fsp3) is 0.0667. The van der Waals surface area contributed by atoms with Crippen LogP contribution in [0.5, 0.6) is 0 Å². The Morgan fingerprint density at radius 3 is 2.38 bits per heavy atom. The predicted octanol–water partition coefficient (Wildman–Crippen LogP) is 3.84. The molecule has 11 heteroatoms. The van der Waals surface area contributed by atoms with E-state index in [1.807, 2.05) is 0 Å². The van der Waals surface area contributed by atoms with Crippen molar-refractivity contribution in [3.05, 3.63) is 62.7 Å². The summed E-state index contributed by atoms with van der Waals surface area (Å²) in [4.78, 5) is 36.7. The summed E-state index contributed by atoms with van der Waals surface area (Å²) in [6.45, 7) is 0. The van der Waals surface area contributed by atoms with Gasteiger partial charge in [-0.2, -0.15) is 0 Å². The van der Waals surface area contributed by atoms with E-state index in [1.165, 1.54) is 59.5 Å². The number of hydrogen-bond donors (Lipinski definition) is 1. The second-order valence-electron chi connectivity index (χ2n) is 5.03. The Morgan fingerprint density at radius 1 is 1.08 bits per heavy atom. The van der Waals surface area contributed by atoms with Crippen molar-refractivity contribution in [1.82, 2.24) is 4.98 Å². The predicted molar refractivity (Wildman–Crippen MR) is 98.7 cm³/mol. The standard InChI is InChI=1S/C15H10N4O5S2/c20-14(16-9-1-3-10(4-2-9)18(21)22)8-25-15-17-12-6-5-11(19(23)24)7-13(12)26-15/h1-7H,8H2,(H,16,20). The van der Waals surface area contributed by atoms with Gasteiger partial charge in [0.05, 0.1) is 25.8 Å². The highest BCUT2D eigenvalue weighted by Crippen LogP contribution is 2.31. The first-order valence-electron chi connectivity index (χ1n) is 7.14. The van der Waals surface area contributed by atoms with E-state index in [1.54, 1.807) is 6.07 Å². The fourth-order valence-corrected chi connectivity index (χ4v) is 3.96. The third-order valence-corrected chi connectivity index (χ3v) is 5.41. The average molecular weight is 390 g/mol. The molecule has 0 unspecified atom stereocenters. The van der Waals surface area contributed by atoms with Crippen LogP contribution in [0.15, 0.2) is 46.8 Å². The SMILES string of the molecule is O=C(CSc1nc2ccc([N+](=O)[O-])cc2s1)Nc1ccc([N+](=O)[O-])cc1. The Bertz CT molecular complexity index is 1000. The maximum atomic E-state index is 12.0. The first-order chi connectivity index (χ1) is 12.4. The molecule has 0 aliphatic rings. The molecule has 3 rings (SSSR count). The summed E-state index contributed by atoms with van der Waals surface area (Å²) in [5.41, 5.74) is 1.04. The number of rotatable bonds is 6. The minimum Gasteiger partial charge on any atom is -0.325 e.